The molecule has 0 saturated carbocycles. The number of nitrogens with zero attached hydrogens (tertiary/aromatic N) is 1. The summed E-state index contributed by atoms with van der Waals surface area (Å²) >= 11 is 0. The van der Waals surface area contributed by atoms with Gasteiger partial charge in [0.2, 0.25) is 0 Å². The Balaban J connectivity index is 0. The van der Waals surface area contributed by atoms with Crippen LogP contribution in [-0.2, 0) is 19.6 Å². The highest BCUT2D eigenvalue weighted by Crippen LogP contribution is 2.13. The van der Waals surface area contributed by atoms with Gasteiger partial charge in [0.25, 0.3) is 0 Å². The maximum absolute atomic E-state index is 9.08. The minimum atomic E-state index is -3.92. The average Bonchev–Trinajstić information content (AvgIpc) is 2.77. The topological polar surface area (TPSA) is 75.7 Å². The van der Waals surface area contributed by atoms with E-state index in [9.17, 15) is 0 Å². The molecule has 0 spiro atoms. The predicted octanol–water partition coefficient (Wildman–Crippen LogP) is 7.32. The van der Waals surface area contributed by atoms with Crippen LogP contribution in [0, 0.1) is 0 Å². The molecule has 0 atom stereocenters. The summed E-state index contributed by atoms with van der Waals surface area (Å²) in [7, 11) is 2.83. The van der Waals surface area contributed by atoms with Gasteiger partial charge < -0.3 is 18.5 Å². The number of hydrogen-bond donors (Lipinski definition) is 0. The van der Waals surface area contributed by atoms with Crippen LogP contribution in [0.25, 0.3) is 0 Å². The maximum Gasteiger partial charge on any atom is 0.0916 e. The van der Waals surface area contributed by atoms with Gasteiger partial charge in [0.1, 0.15) is 0 Å². The van der Waals surface area contributed by atoms with Gasteiger partial charge in [0, 0.05) is 32.7 Å². The van der Waals surface area contributed by atoms with Crippen LogP contribution in [0.3, 0.4) is 0 Å². The molecule has 0 amide bonds. The van der Waals surface area contributed by atoms with Gasteiger partial charge in [-0.15, -0.1) is 0 Å². The Morgan fingerprint density at radius 1 is 0.528 bits per heavy atom. The molecule has 0 heterocycles. The van der Waals surface area contributed by atoms with E-state index in [1.54, 1.807) is 0 Å². The van der Waals surface area contributed by atoms with Crippen LogP contribution >= 0.6 is 0 Å². The molecule has 0 aliphatic carbocycles. The fraction of sp³-hybridized carbons (Fsp3) is 1.00. The van der Waals surface area contributed by atoms with E-state index in [1.165, 1.54) is 122 Å². The molecule has 6 nitrogen and oxygen atoms in total. The van der Waals surface area contributed by atoms with Crippen molar-refractivity contribution >= 4 is 10.1 Å². The van der Waals surface area contributed by atoms with E-state index in [0.717, 1.165) is 37.3 Å². The van der Waals surface area contributed by atoms with Gasteiger partial charge >= 0.3 is 0 Å². The van der Waals surface area contributed by atoms with E-state index in [4.69, 9.17) is 22.4 Å². The highest BCUT2D eigenvalue weighted by atomic mass is 32.2. The van der Waals surface area contributed by atoms with E-state index in [0.29, 0.717) is 6.26 Å². The first kappa shape index (κ1) is 37.9. The third-order valence-corrected chi connectivity index (χ3v) is 6.09. The van der Waals surface area contributed by atoms with Crippen LogP contribution in [-0.4, -0.2) is 77.8 Å². The molecule has 0 unspecified atom stereocenters. The van der Waals surface area contributed by atoms with Gasteiger partial charge in [-0.25, -0.2) is 8.42 Å². The minimum absolute atomic E-state index is 0.604. The smallest absolute Gasteiger partial charge is 0.0916 e. The first-order valence-corrected chi connectivity index (χ1v) is 16.7. The van der Waals surface area contributed by atoms with E-state index in [1.807, 2.05) is 0 Å². The van der Waals surface area contributed by atoms with Crippen molar-refractivity contribution in [3.8, 4) is 0 Å². The van der Waals surface area contributed by atoms with Gasteiger partial charge in [-0.2, -0.15) is 0 Å². The van der Waals surface area contributed by atoms with Crippen molar-refractivity contribution in [1.82, 2.24) is 0 Å². The van der Waals surface area contributed by atoms with Gasteiger partial charge in [0.15, 0.2) is 0 Å². The first-order chi connectivity index (χ1) is 17.1. The molecule has 0 rings (SSSR count). The third kappa shape index (κ3) is 47.0. The second-order valence-corrected chi connectivity index (χ2v) is 12.7. The SMILES string of the molecule is CCCCCCCCCCCCCCCCCCOCCCOCCCC[N+](C)(C)C.CS(=O)(=O)[O-]. The Kier molecular flexibility index (Phi) is 29.3. The number of ether oxygens (including phenoxy) is 2. The molecule has 0 aromatic carbocycles. The number of unbranched alkanes of at least 4 members (excludes halogenated alkanes) is 16. The molecule has 220 valence electrons. The van der Waals surface area contributed by atoms with Crippen molar-refractivity contribution in [3.63, 3.8) is 0 Å². The van der Waals surface area contributed by atoms with Crippen molar-refractivity contribution in [1.29, 1.82) is 0 Å². The molecule has 0 aromatic rings. The first-order valence-electron chi connectivity index (χ1n) is 14.9. The molecular formula is C29H63NO5S. The lowest BCUT2D eigenvalue weighted by Gasteiger charge is -2.23. The fourth-order valence-electron chi connectivity index (χ4n) is 4.01. The average molecular weight is 538 g/mol. The van der Waals surface area contributed by atoms with Crippen molar-refractivity contribution in [2.45, 2.75) is 129 Å². The lowest BCUT2D eigenvalue weighted by Crippen LogP contribution is -2.35. The van der Waals surface area contributed by atoms with Gasteiger partial charge in [-0.1, -0.05) is 103 Å². The second-order valence-electron chi connectivity index (χ2n) is 11.3. The molecule has 0 saturated heterocycles. The van der Waals surface area contributed by atoms with Gasteiger partial charge in [0.05, 0.1) is 37.8 Å². The van der Waals surface area contributed by atoms with Gasteiger partial charge in [-0.05, 0) is 25.7 Å². The van der Waals surface area contributed by atoms with Crippen LogP contribution in [0.15, 0.2) is 0 Å². The molecular weight excluding hydrogens is 474 g/mol. The van der Waals surface area contributed by atoms with E-state index >= 15 is 0 Å². The molecule has 36 heavy (non-hydrogen) atoms. The second kappa shape index (κ2) is 27.8. The zero-order chi connectivity index (χ0) is 27.4. The fourth-order valence-corrected chi connectivity index (χ4v) is 4.01. The Bertz CT molecular complexity index is 512. The van der Waals surface area contributed by atoms with Crippen molar-refractivity contribution in [2.24, 2.45) is 0 Å². The Morgan fingerprint density at radius 2 is 0.806 bits per heavy atom. The number of rotatable bonds is 26. The molecule has 7 heteroatoms. The molecule has 0 N–H and O–H groups in total. The summed E-state index contributed by atoms with van der Waals surface area (Å²) < 4.78 is 39.7. The monoisotopic (exact) mass is 537 g/mol. The van der Waals surface area contributed by atoms with Crippen LogP contribution in [0.1, 0.15) is 129 Å². The summed E-state index contributed by atoms with van der Waals surface area (Å²) in [6, 6.07) is 0. The van der Waals surface area contributed by atoms with E-state index in [-0.39, 0.29) is 0 Å². The maximum atomic E-state index is 9.08. The lowest BCUT2D eigenvalue weighted by atomic mass is 10.0. The molecule has 0 bridgehead atoms. The van der Waals surface area contributed by atoms with Crippen molar-refractivity contribution in [3.05, 3.63) is 0 Å². The number of quaternary nitrogens is 1. The highest BCUT2D eigenvalue weighted by molar-refractivity contribution is 7.84. The highest BCUT2D eigenvalue weighted by Gasteiger charge is 2.05. The van der Waals surface area contributed by atoms with Crippen molar-refractivity contribution in [2.75, 3.05) is 60.4 Å². The third-order valence-electron chi connectivity index (χ3n) is 6.09. The standard InChI is InChI=1S/C28H60NO2.CH4O3S/c1-5-6-7-8-9-10-11-12-13-14-15-16-17-18-19-21-25-30-27-23-28-31-26-22-20-24-29(2,3)4;1-5(2,3)4/h5-28H2,1-4H3;1H3,(H,2,3,4)/q+1;/p-1. The van der Waals surface area contributed by atoms with E-state index in [2.05, 4.69) is 28.1 Å². The van der Waals surface area contributed by atoms with Crippen LogP contribution in [0.4, 0.5) is 0 Å². The van der Waals surface area contributed by atoms with Crippen LogP contribution < -0.4 is 0 Å². The Morgan fingerprint density at radius 3 is 1.14 bits per heavy atom. The largest absolute Gasteiger partial charge is 0.748 e. The van der Waals surface area contributed by atoms with Crippen LogP contribution in [0.5, 0.6) is 0 Å². The van der Waals surface area contributed by atoms with Crippen molar-refractivity contribution < 1.29 is 26.9 Å². The summed E-state index contributed by atoms with van der Waals surface area (Å²) in [6.07, 6.45) is 26.8. The predicted molar refractivity (Wildman–Crippen MR) is 154 cm³/mol. The summed E-state index contributed by atoms with van der Waals surface area (Å²) in [5.74, 6) is 0. The Labute approximate surface area is 226 Å². The quantitative estimate of drug-likeness (QED) is 0.0656. The molecule has 0 fully saturated rings. The summed E-state index contributed by atoms with van der Waals surface area (Å²) in [5, 5.41) is 0. The van der Waals surface area contributed by atoms with Gasteiger partial charge in [-0.3, -0.25) is 0 Å². The minimum Gasteiger partial charge on any atom is -0.748 e. The molecule has 0 aromatic heterocycles. The summed E-state index contributed by atoms with van der Waals surface area (Å²) in [4.78, 5) is 0. The van der Waals surface area contributed by atoms with E-state index < -0.39 is 10.1 Å². The molecule has 0 aliphatic heterocycles. The Hall–Kier alpha value is -0.210. The summed E-state index contributed by atoms with van der Waals surface area (Å²) in [5.41, 5.74) is 0. The number of hydrogen-bond acceptors (Lipinski definition) is 5. The molecule has 0 radical (unpaired) electrons. The molecule has 0 aliphatic rings. The van der Waals surface area contributed by atoms with Crippen LogP contribution in [0.2, 0.25) is 0 Å². The summed E-state index contributed by atoms with van der Waals surface area (Å²) in [6.45, 7) is 7.07. The zero-order valence-corrected chi connectivity index (χ0v) is 25.7. The normalized spacial score (nSPS) is 11.9. The zero-order valence-electron chi connectivity index (χ0n) is 24.9. The lowest BCUT2D eigenvalue weighted by molar-refractivity contribution is -0.870.